The third kappa shape index (κ3) is 3.22. The number of hydrogen-bond acceptors (Lipinski definition) is 6. The summed E-state index contributed by atoms with van der Waals surface area (Å²) in [4.78, 5) is 16.9. The molecule has 0 atom stereocenters. The van der Waals surface area contributed by atoms with Gasteiger partial charge in [0.05, 0.1) is 18.9 Å². The maximum Gasteiger partial charge on any atom is 0.226 e. The highest BCUT2D eigenvalue weighted by atomic mass is 19.1. The summed E-state index contributed by atoms with van der Waals surface area (Å²) >= 11 is 0. The Morgan fingerprint density at radius 2 is 2.00 bits per heavy atom. The van der Waals surface area contributed by atoms with Gasteiger partial charge in [0.25, 0.3) is 0 Å². The lowest BCUT2D eigenvalue weighted by atomic mass is 9.79. The van der Waals surface area contributed by atoms with Gasteiger partial charge in [-0.05, 0) is 30.9 Å². The summed E-state index contributed by atoms with van der Waals surface area (Å²) in [6.07, 6.45) is 11.0. The number of rotatable bonds is 5. The fourth-order valence-electron chi connectivity index (χ4n) is 3.64. The van der Waals surface area contributed by atoms with Gasteiger partial charge in [0.1, 0.15) is 6.33 Å². The number of allylic oxidation sites excluding steroid dienone is 1. The van der Waals surface area contributed by atoms with Crippen molar-refractivity contribution in [3.8, 4) is 17.5 Å². The number of hydrogen-bond donors (Lipinski definition) is 0. The minimum absolute atomic E-state index is 0.196. The van der Waals surface area contributed by atoms with E-state index in [-0.39, 0.29) is 17.5 Å². The minimum Gasteiger partial charge on any atom is -0.481 e. The molecule has 0 saturated heterocycles. The fourth-order valence-corrected chi connectivity index (χ4v) is 3.64. The molecule has 3 heterocycles. The van der Waals surface area contributed by atoms with Crippen LogP contribution >= 0.6 is 0 Å². The van der Waals surface area contributed by atoms with Crippen LogP contribution in [0.4, 0.5) is 4.39 Å². The maximum atomic E-state index is 15.7. The number of benzene rings is 1. The SMILES string of the molecule is COc1cc(Oc2c(C3CCC3)ccc(C3=CC4=CCC=NC4=N3)c2F)ncn1. The van der Waals surface area contributed by atoms with Crippen LogP contribution in [0.2, 0.25) is 0 Å². The second-order valence-electron chi connectivity index (χ2n) is 7.15. The molecule has 7 heteroatoms. The topological polar surface area (TPSA) is 69.0 Å². The number of methoxy groups -OCH3 is 1. The van der Waals surface area contributed by atoms with E-state index in [0.717, 1.165) is 36.8 Å². The number of halogens is 1. The predicted molar refractivity (Wildman–Crippen MR) is 108 cm³/mol. The molecule has 5 rings (SSSR count). The van der Waals surface area contributed by atoms with Crippen molar-refractivity contribution in [3.63, 3.8) is 0 Å². The molecule has 146 valence electrons. The monoisotopic (exact) mass is 390 g/mol. The van der Waals surface area contributed by atoms with E-state index >= 15 is 4.39 Å². The van der Waals surface area contributed by atoms with Crippen molar-refractivity contribution in [2.45, 2.75) is 31.6 Å². The Morgan fingerprint density at radius 1 is 1.14 bits per heavy atom. The molecule has 2 aliphatic heterocycles. The highest BCUT2D eigenvalue weighted by Crippen LogP contribution is 2.45. The van der Waals surface area contributed by atoms with E-state index in [0.29, 0.717) is 23.0 Å². The average molecular weight is 390 g/mol. The van der Waals surface area contributed by atoms with Gasteiger partial charge in [0.15, 0.2) is 17.4 Å². The number of ether oxygens (including phenoxy) is 2. The molecule has 1 aliphatic carbocycles. The Balaban J connectivity index is 1.57. The Kier molecular flexibility index (Phi) is 4.42. The van der Waals surface area contributed by atoms with Crippen LogP contribution in [0.15, 0.2) is 52.2 Å². The van der Waals surface area contributed by atoms with Gasteiger partial charge < -0.3 is 9.47 Å². The second-order valence-corrected chi connectivity index (χ2v) is 7.15. The quantitative estimate of drug-likeness (QED) is 0.733. The van der Waals surface area contributed by atoms with Crippen LogP contribution in [0.1, 0.15) is 42.7 Å². The Labute approximate surface area is 167 Å². The van der Waals surface area contributed by atoms with Crippen molar-refractivity contribution < 1.29 is 13.9 Å². The Morgan fingerprint density at radius 3 is 2.76 bits per heavy atom. The van der Waals surface area contributed by atoms with E-state index in [1.165, 1.54) is 13.4 Å². The summed E-state index contributed by atoms with van der Waals surface area (Å²) in [5.74, 6) is 1.26. The lowest BCUT2D eigenvalue weighted by Crippen LogP contribution is -2.11. The van der Waals surface area contributed by atoms with Gasteiger partial charge in [-0.1, -0.05) is 18.6 Å². The molecule has 29 heavy (non-hydrogen) atoms. The third-order valence-electron chi connectivity index (χ3n) is 5.41. The molecule has 0 radical (unpaired) electrons. The molecular weight excluding hydrogens is 371 g/mol. The normalized spacial score (nSPS) is 17.8. The van der Waals surface area contributed by atoms with Crippen LogP contribution in [0, 0.1) is 5.82 Å². The summed E-state index contributed by atoms with van der Waals surface area (Å²) in [6, 6.07) is 5.27. The van der Waals surface area contributed by atoms with Gasteiger partial charge >= 0.3 is 0 Å². The van der Waals surface area contributed by atoms with E-state index < -0.39 is 5.82 Å². The summed E-state index contributed by atoms with van der Waals surface area (Å²) in [7, 11) is 1.51. The number of aromatic nitrogens is 2. The zero-order chi connectivity index (χ0) is 19.8. The summed E-state index contributed by atoms with van der Waals surface area (Å²) in [5, 5.41) is 0. The van der Waals surface area contributed by atoms with Gasteiger partial charge in [-0.2, -0.15) is 0 Å². The van der Waals surface area contributed by atoms with Crippen LogP contribution in [-0.4, -0.2) is 29.1 Å². The van der Waals surface area contributed by atoms with Gasteiger partial charge in [-0.3, -0.25) is 0 Å². The Hall–Kier alpha value is -3.35. The first-order chi connectivity index (χ1) is 14.2. The first kappa shape index (κ1) is 17.7. The first-order valence-electron chi connectivity index (χ1n) is 9.63. The molecule has 0 N–H and O–H groups in total. The number of nitrogens with zero attached hydrogens (tertiary/aromatic N) is 4. The van der Waals surface area contributed by atoms with Crippen molar-refractivity contribution in [2.75, 3.05) is 7.11 Å². The van der Waals surface area contributed by atoms with Crippen LogP contribution in [0.25, 0.3) is 5.70 Å². The van der Waals surface area contributed by atoms with E-state index in [1.54, 1.807) is 18.3 Å². The van der Waals surface area contributed by atoms with Crippen molar-refractivity contribution in [2.24, 2.45) is 9.98 Å². The predicted octanol–water partition coefficient (Wildman–Crippen LogP) is 4.84. The third-order valence-corrected chi connectivity index (χ3v) is 5.41. The zero-order valence-electron chi connectivity index (χ0n) is 15.9. The van der Waals surface area contributed by atoms with Crippen molar-refractivity contribution in [3.05, 3.63) is 59.2 Å². The van der Waals surface area contributed by atoms with Gasteiger partial charge in [-0.15, -0.1) is 0 Å². The summed E-state index contributed by atoms with van der Waals surface area (Å²) in [5.41, 5.74) is 2.72. The second kappa shape index (κ2) is 7.24. The molecule has 1 aromatic heterocycles. The largest absolute Gasteiger partial charge is 0.481 e. The molecule has 3 aliphatic rings. The van der Waals surface area contributed by atoms with Crippen LogP contribution in [0.5, 0.6) is 17.5 Å². The highest BCUT2D eigenvalue weighted by Gasteiger charge is 2.29. The fraction of sp³-hybridized carbons (Fsp3) is 0.273. The van der Waals surface area contributed by atoms with Crippen LogP contribution in [-0.2, 0) is 0 Å². The highest BCUT2D eigenvalue weighted by molar-refractivity contribution is 6.13. The molecule has 1 fully saturated rings. The molecular formula is C22H19FN4O2. The van der Waals surface area contributed by atoms with E-state index in [1.807, 2.05) is 18.2 Å². The lowest BCUT2D eigenvalue weighted by molar-refractivity contribution is 0.368. The Bertz CT molecular complexity index is 1100. The van der Waals surface area contributed by atoms with Gasteiger partial charge in [0.2, 0.25) is 11.8 Å². The molecule has 6 nitrogen and oxygen atoms in total. The van der Waals surface area contributed by atoms with Crippen molar-refractivity contribution >= 4 is 17.7 Å². The van der Waals surface area contributed by atoms with Crippen molar-refractivity contribution in [1.82, 2.24) is 9.97 Å². The van der Waals surface area contributed by atoms with Gasteiger partial charge in [-0.25, -0.2) is 24.3 Å². The number of aliphatic imine (C=N–C) groups is 2. The van der Waals surface area contributed by atoms with Gasteiger partial charge in [0, 0.05) is 29.3 Å². The standard InChI is InChI=1S/C22H19FN4O2/c1-28-18-11-19(26-12-25-18)29-21-15(13-4-2-5-13)7-8-16(20(21)23)17-10-14-6-3-9-24-22(14)27-17/h6-13H,2-5H2,1H3. The summed E-state index contributed by atoms with van der Waals surface area (Å²) in [6.45, 7) is 0. The average Bonchev–Trinajstić information content (AvgIpc) is 3.13. The molecule has 1 saturated carbocycles. The number of fused-ring (bicyclic) bond motifs is 1. The van der Waals surface area contributed by atoms with E-state index in [2.05, 4.69) is 20.0 Å². The molecule has 2 aromatic rings. The van der Waals surface area contributed by atoms with Crippen molar-refractivity contribution in [1.29, 1.82) is 0 Å². The minimum atomic E-state index is -0.439. The van der Waals surface area contributed by atoms with Crippen LogP contribution < -0.4 is 9.47 Å². The molecule has 0 unspecified atom stereocenters. The van der Waals surface area contributed by atoms with E-state index in [4.69, 9.17) is 9.47 Å². The smallest absolute Gasteiger partial charge is 0.226 e. The molecule has 0 spiro atoms. The number of amidine groups is 1. The summed E-state index contributed by atoms with van der Waals surface area (Å²) < 4.78 is 26.7. The maximum absolute atomic E-state index is 15.7. The molecule has 0 bridgehead atoms. The van der Waals surface area contributed by atoms with E-state index in [9.17, 15) is 0 Å². The lowest BCUT2D eigenvalue weighted by Gasteiger charge is -2.28. The molecule has 0 amide bonds. The van der Waals surface area contributed by atoms with Crippen LogP contribution in [0.3, 0.4) is 0 Å². The first-order valence-corrected chi connectivity index (χ1v) is 9.63. The zero-order valence-corrected chi connectivity index (χ0v) is 15.9. The number of dihydropyridines is 1. The molecule has 1 aromatic carbocycles.